The molecule has 1 aromatic heterocycles. The number of hydrogen-bond donors (Lipinski definition) is 0. The van der Waals surface area contributed by atoms with Crippen molar-refractivity contribution in [3.05, 3.63) is 36.1 Å². The van der Waals surface area contributed by atoms with E-state index in [1.165, 1.54) is 0 Å². The average Bonchev–Trinajstić information content (AvgIpc) is 2.87. The van der Waals surface area contributed by atoms with E-state index in [0.29, 0.717) is 42.5 Å². The van der Waals surface area contributed by atoms with Crippen molar-refractivity contribution in [2.24, 2.45) is 0 Å². The Morgan fingerprint density at radius 3 is 2.76 bits per heavy atom. The van der Waals surface area contributed by atoms with Gasteiger partial charge in [0.15, 0.2) is 23.5 Å². The van der Waals surface area contributed by atoms with Crippen LogP contribution in [0.15, 0.2) is 34.7 Å². The highest BCUT2D eigenvalue weighted by Crippen LogP contribution is 2.40. The lowest BCUT2D eigenvalue weighted by molar-refractivity contribution is 0.110. The minimum atomic E-state index is 0.300. The molecule has 2 heterocycles. The molecule has 4 heteroatoms. The largest absolute Gasteiger partial charge is 0.486 e. The number of aldehydes is 1. The number of hydrogen-bond acceptors (Lipinski definition) is 4. The van der Waals surface area contributed by atoms with Crippen molar-refractivity contribution < 1.29 is 18.7 Å². The first-order valence-electron chi connectivity index (χ1n) is 5.32. The molecule has 2 aromatic rings. The van der Waals surface area contributed by atoms with Crippen LogP contribution in [0.2, 0.25) is 0 Å². The molecule has 3 rings (SSSR count). The van der Waals surface area contributed by atoms with E-state index in [-0.39, 0.29) is 0 Å². The van der Waals surface area contributed by atoms with E-state index in [1.54, 1.807) is 12.1 Å². The zero-order valence-corrected chi connectivity index (χ0v) is 9.01. The van der Waals surface area contributed by atoms with E-state index in [9.17, 15) is 4.79 Å². The summed E-state index contributed by atoms with van der Waals surface area (Å²) in [7, 11) is 0. The minimum Gasteiger partial charge on any atom is -0.486 e. The minimum absolute atomic E-state index is 0.300. The molecule has 0 amide bonds. The quantitative estimate of drug-likeness (QED) is 0.744. The molecule has 1 aliphatic heterocycles. The molecule has 0 N–H and O–H groups in total. The van der Waals surface area contributed by atoms with Gasteiger partial charge in [0.2, 0.25) is 0 Å². The van der Waals surface area contributed by atoms with Gasteiger partial charge in [-0.2, -0.15) is 0 Å². The molecule has 0 saturated carbocycles. The van der Waals surface area contributed by atoms with Crippen molar-refractivity contribution in [2.45, 2.75) is 0 Å². The van der Waals surface area contributed by atoms with Gasteiger partial charge in [0.25, 0.3) is 0 Å². The molecule has 4 nitrogen and oxygen atoms in total. The van der Waals surface area contributed by atoms with E-state index in [2.05, 4.69) is 0 Å². The maximum atomic E-state index is 10.6. The molecule has 0 unspecified atom stereocenters. The summed E-state index contributed by atoms with van der Waals surface area (Å²) < 4.78 is 16.4. The molecule has 1 aromatic carbocycles. The van der Waals surface area contributed by atoms with E-state index in [0.717, 1.165) is 5.56 Å². The smallest absolute Gasteiger partial charge is 0.185 e. The highest BCUT2D eigenvalue weighted by atomic mass is 16.6. The Labute approximate surface area is 97.8 Å². The standard InChI is InChI=1S/C13H10O4/c14-8-9-4-5-11(17-9)10-2-1-3-12-13(10)16-7-6-15-12/h1-5,8H,6-7H2. The third kappa shape index (κ3) is 1.67. The highest BCUT2D eigenvalue weighted by molar-refractivity contribution is 5.75. The Hall–Kier alpha value is -2.23. The Bertz CT molecular complexity index is 556. The van der Waals surface area contributed by atoms with Gasteiger partial charge >= 0.3 is 0 Å². The molecule has 0 aliphatic carbocycles. The van der Waals surface area contributed by atoms with Crippen molar-refractivity contribution in [2.75, 3.05) is 13.2 Å². The molecule has 0 radical (unpaired) electrons. The number of fused-ring (bicyclic) bond motifs is 1. The maximum Gasteiger partial charge on any atom is 0.185 e. The van der Waals surface area contributed by atoms with Crippen molar-refractivity contribution in [1.82, 2.24) is 0 Å². The first-order chi connectivity index (χ1) is 8.38. The zero-order valence-electron chi connectivity index (χ0n) is 9.01. The van der Waals surface area contributed by atoms with Crippen molar-refractivity contribution in [3.8, 4) is 22.8 Å². The van der Waals surface area contributed by atoms with E-state index >= 15 is 0 Å². The summed E-state index contributed by atoms with van der Waals surface area (Å²) in [4.78, 5) is 10.6. The van der Waals surface area contributed by atoms with Crippen LogP contribution in [-0.2, 0) is 0 Å². The van der Waals surface area contributed by atoms with Crippen LogP contribution in [0.1, 0.15) is 10.6 Å². The third-order valence-corrected chi connectivity index (χ3v) is 2.57. The van der Waals surface area contributed by atoms with Gasteiger partial charge in [-0.1, -0.05) is 6.07 Å². The number of ether oxygens (including phenoxy) is 2. The van der Waals surface area contributed by atoms with Gasteiger partial charge < -0.3 is 13.9 Å². The Morgan fingerprint density at radius 1 is 1.06 bits per heavy atom. The summed E-state index contributed by atoms with van der Waals surface area (Å²) in [5.41, 5.74) is 0.801. The lowest BCUT2D eigenvalue weighted by Gasteiger charge is -2.20. The summed E-state index contributed by atoms with van der Waals surface area (Å²) in [6.07, 6.45) is 0.677. The number of furan rings is 1. The molecule has 0 spiro atoms. The lowest BCUT2D eigenvalue weighted by Crippen LogP contribution is -2.15. The van der Waals surface area contributed by atoms with Crippen LogP contribution >= 0.6 is 0 Å². The van der Waals surface area contributed by atoms with Crippen LogP contribution in [0.3, 0.4) is 0 Å². The van der Waals surface area contributed by atoms with Gasteiger partial charge in [-0.25, -0.2) is 0 Å². The normalized spacial score (nSPS) is 13.4. The molecule has 1 aliphatic rings. The van der Waals surface area contributed by atoms with Crippen LogP contribution in [0.4, 0.5) is 0 Å². The predicted octanol–water partition coefficient (Wildman–Crippen LogP) is 2.53. The van der Waals surface area contributed by atoms with E-state index in [4.69, 9.17) is 13.9 Å². The second-order valence-electron chi connectivity index (χ2n) is 3.65. The van der Waals surface area contributed by atoms with Gasteiger partial charge in [0, 0.05) is 0 Å². The predicted molar refractivity (Wildman–Crippen MR) is 60.5 cm³/mol. The van der Waals surface area contributed by atoms with Crippen LogP contribution in [0, 0.1) is 0 Å². The molecular formula is C13H10O4. The molecule has 0 saturated heterocycles. The summed E-state index contributed by atoms with van der Waals surface area (Å²) in [5, 5.41) is 0. The van der Waals surface area contributed by atoms with Crippen molar-refractivity contribution in [1.29, 1.82) is 0 Å². The fourth-order valence-corrected chi connectivity index (χ4v) is 1.83. The lowest BCUT2D eigenvalue weighted by atomic mass is 10.1. The molecule has 17 heavy (non-hydrogen) atoms. The summed E-state index contributed by atoms with van der Waals surface area (Å²) in [5.74, 6) is 2.28. The van der Waals surface area contributed by atoms with Gasteiger partial charge in [0.05, 0.1) is 5.56 Å². The van der Waals surface area contributed by atoms with Crippen LogP contribution in [0.25, 0.3) is 11.3 Å². The zero-order chi connectivity index (χ0) is 11.7. The fourth-order valence-electron chi connectivity index (χ4n) is 1.83. The Kier molecular flexibility index (Phi) is 2.33. The SMILES string of the molecule is O=Cc1ccc(-c2cccc3c2OCCO3)o1. The average molecular weight is 230 g/mol. The van der Waals surface area contributed by atoms with Gasteiger partial charge in [-0.05, 0) is 24.3 Å². The maximum absolute atomic E-state index is 10.6. The summed E-state index contributed by atoms with van der Waals surface area (Å²) >= 11 is 0. The number of benzene rings is 1. The fraction of sp³-hybridized carbons (Fsp3) is 0.154. The van der Waals surface area contributed by atoms with Crippen LogP contribution < -0.4 is 9.47 Å². The number of carbonyl (C=O) groups is 1. The second-order valence-corrected chi connectivity index (χ2v) is 3.65. The first kappa shape index (κ1) is 9.96. The summed E-state index contributed by atoms with van der Waals surface area (Å²) in [6, 6.07) is 8.97. The van der Waals surface area contributed by atoms with Crippen molar-refractivity contribution >= 4 is 6.29 Å². The highest BCUT2D eigenvalue weighted by Gasteiger charge is 2.18. The van der Waals surface area contributed by atoms with E-state index < -0.39 is 0 Å². The number of carbonyl (C=O) groups excluding carboxylic acids is 1. The second kappa shape index (κ2) is 3.97. The van der Waals surface area contributed by atoms with Gasteiger partial charge in [-0.3, -0.25) is 4.79 Å². The number of rotatable bonds is 2. The molecule has 0 bridgehead atoms. The first-order valence-corrected chi connectivity index (χ1v) is 5.32. The van der Waals surface area contributed by atoms with Crippen molar-refractivity contribution in [3.63, 3.8) is 0 Å². The Balaban J connectivity index is 2.10. The molecule has 0 atom stereocenters. The summed E-state index contributed by atoms with van der Waals surface area (Å²) in [6.45, 7) is 1.07. The van der Waals surface area contributed by atoms with Crippen LogP contribution in [0.5, 0.6) is 11.5 Å². The van der Waals surface area contributed by atoms with E-state index in [1.807, 2.05) is 18.2 Å². The topological polar surface area (TPSA) is 48.7 Å². The third-order valence-electron chi connectivity index (χ3n) is 2.57. The number of para-hydroxylation sites is 1. The van der Waals surface area contributed by atoms with Gasteiger partial charge in [-0.15, -0.1) is 0 Å². The molecule has 0 fully saturated rings. The van der Waals surface area contributed by atoms with Gasteiger partial charge in [0.1, 0.15) is 19.0 Å². The van der Waals surface area contributed by atoms with Crippen LogP contribution in [-0.4, -0.2) is 19.5 Å². The molecule has 86 valence electrons. The monoisotopic (exact) mass is 230 g/mol. The Morgan fingerprint density at radius 2 is 1.94 bits per heavy atom. The molecular weight excluding hydrogens is 220 g/mol.